The molecule has 8 heteroatoms. The molecule has 3 heterocycles. The van der Waals surface area contributed by atoms with Crippen molar-refractivity contribution >= 4 is 5.91 Å². The first-order valence-corrected chi connectivity index (χ1v) is 8.31. The van der Waals surface area contributed by atoms with Crippen LogP contribution in [0, 0.1) is 13.8 Å². The van der Waals surface area contributed by atoms with Gasteiger partial charge in [0.05, 0.1) is 12.2 Å². The lowest BCUT2D eigenvalue weighted by molar-refractivity contribution is -0.133. The highest BCUT2D eigenvalue weighted by molar-refractivity contribution is 5.76. The Kier molecular flexibility index (Phi) is 5.24. The van der Waals surface area contributed by atoms with Gasteiger partial charge < -0.3 is 13.9 Å². The Morgan fingerprint density at radius 2 is 1.96 bits per heavy atom. The summed E-state index contributed by atoms with van der Waals surface area (Å²) in [7, 11) is 0. The summed E-state index contributed by atoms with van der Waals surface area (Å²) in [6.45, 7) is 7.68. The molecule has 1 aliphatic rings. The predicted molar refractivity (Wildman–Crippen MR) is 85.1 cm³/mol. The number of carbonyl (C=O) groups excluding carboxylic acids is 1. The van der Waals surface area contributed by atoms with Crippen LogP contribution < -0.4 is 0 Å². The van der Waals surface area contributed by atoms with Crippen molar-refractivity contribution in [3.8, 4) is 0 Å². The number of carbonyl (C=O) groups is 1. The van der Waals surface area contributed by atoms with Gasteiger partial charge in [-0.15, -0.1) is 0 Å². The minimum absolute atomic E-state index is 0.196. The zero-order valence-corrected chi connectivity index (χ0v) is 14.2. The van der Waals surface area contributed by atoms with Gasteiger partial charge in [0.1, 0.15) is 0 Å². The second-order valence-corrected chi connectivity index (χ2v) is 6.18. The molecule has 1 saturated heterocycles. The fourth-order valence-corrected chi connectivity index (χ4v) is 2.86. The molecule has 0 N–H and O–H groups in total. The van der Waals surface area contributed by atoms with Crippen molar-refractivity contribution in [3.05, 3.63) is 29.2 Å². The molecule has 24 heavy (non-hydrogen) atoms. The normalized spacial score (nSPS) is 15.8. The van der Waals surface area contributed by atoms with Crippen LogP contribution in [-0.2, 0) is 17.8 Å². The molecule has 130 valence electrons. The van der Waals surface area contributed by atoms with Gasteiger partial charge in [0.2, 0.25) is 11.8 Å². The second-order valence-electron chi connectivity index (χ2n) is 6.18. The molecule has 2 aromatic heterocycles. The lowest BCUT2D eigenvalue weighted by Crippen LogP contribution is -2.48. The Balaban J connectivity index is 1.37. The maximum Gasteiger partial charge on any atom is 0.226 e. The van der Waals surface area contributed by atoms with Crippen molar-refractivity contribution < 1.29 is 13.8 Å². The molecule has 0 radical (unpaired) electrons. The molecule has 0 unspecified atom stereocenters. The van der Waals surface area contributed by atoms with Crippen molar-refractivity contribution in [2.24, 2.45) is 0 Å². The monoisotopic (exact) mass is 333 g/mol. The van der Waals surface area contributed by atoms with Gasteiger partial charge in [-0.2, -0.15) is 4.98 Å². The largest absolute Gasteiger partial charge is 0.360 e. The van der Waals surface area contributed by atoms with E-state index in [0.29, 0.717) is 24.6 Å². The molecule has 1 amide bonds. The van der Waals surface area contributed by atoms with E-state index in [1.54, 1.807) is 6.92 Å². The smallest absolute Gasteiger partial charge is 0.226 e. The molecular formula is C16H23N5O3. The Bertz CT molecular complexity index is 673. The zero-order valence-electron chi connectivity index (χ0n) is 14.2. The number of nitrogens with zero attached hydrogens (tertiary/aromatic N) is 5. The first kappa shape index (κ1) is 16.6. The summed E-state index contributed by atoms with van der Waals surface area (Å²) < 4.78 is 10.3. The molecule has 1 fully saturated rings. The first-order chi connectivity index (χ1) is 11.6. The van der Waals surface area contributed by atoms with E-state index in [1.165, 1.54) is 0 Å². The van der Waals surface area contributed by atoms with E-state index in [1.807, 2.05) is 17.9 Å². The van der Waals surface area contributed by atoms with Crippen molar-refractivity contribution in [2.75, 3.05) is 26.2 Å². The highest BCUT2D eigenvalue weighted by Crippen LogP contribution is 2.11. The minimum Gasteiger partial charge on any atom is -0.360 e. The van der Waals surface area contributed by atoms with Gasteiger partial charge in [-0.05, 0) is 20.3 Å². The van der Waals surface area contributed by atoms with Crippen molar-refractivity contribution in [1.29, 1.82) is 0 Å². The van der Waals surface area contributed by atoms with Gasteiger partial charge in [0.15, 0.2) is 11.6 Å². The Hall–Kier alpha value is -2.22. The maximum absolute atomic E-state index is 12.3. The molecule has 0 saturated carbocycles. The van der Waals surface area contributed by atoms with E-state index in [9.17, 15) is 4.79 Å². The van der Waals surface area contributed by atoms with Gasteiger partial charge in [0, 0.05) is 45.1 Å². The van der Waals surface area contributed by atoms with Crippen molar-refractivity contribution in [2.45, 2.75) is 39.7 Å². The van der Waals surface area contributed by atoms with Crippen LogP contribution in [-0.4, -0.2) is 57.2 Å². The van der Waals surface area contributed by atoms with Gasteiger partial charge in [-0.25, -0.2) is 0 Å². The molecule has 2 aromatic rings. The Morgan fingerprint density at radius 3 is 2.58 bits per heavy atom. The van der Waals surface area contributed by atoms with Crippen LogP contribution in [0.25, 0.3) is 0 Å². The van der Waals surface area contributed by atoms with E-state index in [-0.39, 0.29) is 5.91 Å². The van der Waals surface area contributed by atoms with Gasteiger partial charge >= 0.3 is 0 Å². The molecule has 3 rings (SSSR count). The maximum atomic E-state index is 12.3. The second kappa shape index (κ2) is 7.57. The number of hydrogen-bond donors (Lipinski definition) is 0. The molecule has 0 bridgehead atoms. The number of hydrogen-bond acceptors (Lipinski definition) is 7. The third kappa shape index (κ3) is 4.41. The molecule has 1 aliphatic heterocycles. The molecule has 0 aliphatic carbocycles. The summed E-state index contributed by atoms with van der Waals surface area (Å²) in [6, 6.07) is 1.96. The molecule has 0 aromatic carbocycles. The summed E-state index contributed by atoms with van der Waals surface area (Å²) in [4.78, 5) is 20.6. The quantitative estimate of drug-likeness (QED) is 0.788. The van der Waals surface area contributed by atoms with E-state index >= 15 is 0 Å². The van der Waals surface area contributed by atoms with Crippen molar-refractivity contribution in [3.63, 3.8) is 0 Å². The Morgan fingerprint density at radius 1 is 1.17 bits per heavy atom. The van der Waals surface area contributed by atoms with Crippen LogP contribution >= 0.6 is 0 Å². The number of amides is 1. The molecule has 8 nitrogen and oxygen atoms in total. The molecule has 0 spiro atoms. The highest BCUT2D eigenvalue weighted by Gasteiger charge is 2.21. The highest BCUT2D eigenvalue weighted by atomic mass is 16.5. The van der Waals surface area contributed by atoms with E-state index in [0.717, 1.165) is 50.6 Å². The average Bonchev–Trinajstić information content (AvgIpc) is 3.16. The Labute approximate surface area is 140 Å². The fourth-order valence-electron chi connectivity index (χ4n) is 2.86. The third-order valence-electron chi connectivity index (χ3n) is 4.13. The average molecular weight is 333 g/mol. The van der Waals surface area contributed by atoms with Crippen LogP contribution in [0.15, 0.2) is 15.1 Å². The molecular weight excluding hydrogens is 310 g/mol. The summed E-state index contributed by atoms with van der Waals surface area (Å²) >= 11 is 0. The van der Waals surface area contributed by atoms with Crippen LogP contribution in [0.5, 0.6) is 0 Å². The zero-order chi connectivity index (χ0) is 16.9. The van der Waals surface area contributed by atoms with Crippen LogP contribution in [0.2, 0.25) is 0 Å². The fraction of sp³-hybridized carbons (Fsp3) is 0.625. The summed E-state index contributed by atoms with van der Waals surface area (Å²) in [6.07, 6.45) is 1.90. The SMILES string of the molecule is Cc1cc(CN2CCN(C(=O)CCCc3nc(C)no3)CC2)on1. The van der Waals surface area contributed by atoms with Crippen LogP contribution in [0.1, 0.15) is 36.0 Å². The van der Waals surface area contributed by atoms with Gasteiger partial charge in [0.25, 0.3) is 0 Å². The third-order valence-corrected chi connectivity index (χ3v) is 4.13. The van der Waals surface area contributed by atoms with Crippen molar-refractivity contribution in [1.82, 2.24) is 25.1 Å². The van der Waals surface area contributed by atoms with Crippen LogP contribution in [0.4, 0.5) is 0 Å². The standard InChI is InChI=1S/C16H23N5O3/c1-12-10-14(23-18-12)11-20-6-8-21(9-7-20)16(22)5-3-4-15-17-13(2)19-24-15/h10H,3-9,11H2,1-2H3. The minimum atomic E-state index is 0.196. The number of aromatic nitrogens is 3. The topological polar surface area (TPSA) is 88.5 Å². The van der Waals surface area contributed by atoms with Gasteiger partial charge in [-0.3, -0.25) is 9.69 Å². The number of rotatable bonds is 6. The lowest BCUT2D eigenvalue weighted by atomic mass is 10.2. The predicted octanol–water partition coefficient (Wildman–Crippen LogP) is 1.34. The molecule has 0 atom stereocenters. The summed E-state index contributed by atoms with van der Waals surface area (Å²) in [5.74, 6) is 2.31. The number of piperazine rings is 1. The lowest BCUT2D eigenvalue weighted by Gasteiger charge is -2.34. The summed E-state index contributed by atoms with van der Waals surface area (Å²) in [5, 5.41) is 7.65. The van der Waals surface area contributed by atoms with Crippen LogP contribution in [0.3, 0.4) is 0 Å². The van der Waals surface area contributed by atoms with E-state index in [2.05, 4.69) is 20.2 Å². The first-order valence-electron chi connectivity index (χ1n) is 8.31. The van der Waals surface area contributed by atoms with Gasteiger partial charge in [-0.1, -0.05) is 10.3 Å². The summed E-state index contributed by atoms with van der Waals surface area (Å²) in [5.41, 5.74) is 0.898. The van der Waals surface area contributed by atoms with E-state index < -0.39 is 0 Å². The van der Waals surface area contributed by atoms with E-state index in [4.69, 9.17) is 9.05 Å². The number of aryl methyl sites for hydroxylation is 3.